The average molecular weight is 384 g/mol. The molecule has 138 valence electrons. The summed E-state index contributed by atoms with van der Waals surface area (Å²) in [5.74, 6) is -2.28. The number of hydrogen-bond acceptors (Lipinski definition) is 4. The van der Waals surface area contributed by atoms with Gasteiger partial charge in [-0.05, 0) is 30.7 Å². The molecule has 0 spiro atoms. The van der Waals surface area contributed by atoms with E-state index in [0.29, 0.717) is 22.5 Å². The normalized spacial score (nSPS) is 10.7. The number of hydrogen-bond donors (Lipinski definition) is 0. The Hall–Kier alpha value is -2.92. The third-order valence-electron chi connectivity index (χ3n) is 4.16. The van der Waals surface area contributed by atoms with E-state index >= 15 is 0 Å². The fourth-order valence-corrected chi connectivity index (χ4v) is 3.10. The number of esters is 1. The standard InChI is InChI=1S/C21H18ClNO4/c1-2-27-21(26)20(25)11-19(24)17-13-23(12-14-6-4-3-5-7-14)18-9-8-15(22)10-16(17)18/h3-10,13H,2,11-12H2,1H3. The molecule has 0 aliphatic carbocycles. The number of carbonyl (C=O) groups is 3. The van der Waals surface area contributed by atoms with Crippen LogP contribution in [0.1, 0.15) is 29.3 Å². The molecule has 1 heterocycles. The van der Waals surface area contributed by atoms with E-state index in [4.69, 9.17) is 11.6 Å². The highest BCUT2D eigenvalue weighted by atomic mass is 35.5. The van der Waals surface area contributed by atoms with Gasteiger partial charge in [0.2, 0.25) is 5.78 Å². The fourth-order valence-electron chi connectivity index (χ4n) is 2.93. The molecular formula is C21H18ClNO4. The van der Waals surface area contributed by atoms with Crippen LogP contribution in [0.25, 0.3) is 10.9 Å². The van der Waals surface area contributed by atoms with Crippen LogP contribution in [0, 0.1) is 0 Å². The molecule has 0 unspecified atom stereocenters. The number of rotatable bonds is 7. The van der Waals surface area contributed by atoms with E-state index in [-0.39, 0.29) is 6.61 Å². The Morgan fingerprint density at radius 2 is 1.81 bits per heavy atom. The highest BCUT2D eigenvalue weighted by molar-refractivity contribution is 6.38. The number of Topliss-reactive ketones (excluding diaryl/α,β-unsaturated/α-hetero) is 2. The topological polar surface area (TPSA) is 65.4 Å². The van der Waals surface area contributed by atoms with Crippen molar-refractivity contribution in [1.29, 1.82) is 0 Å². The molecule has 0 bridgehead atoms. The summed E-state index contributed by atoms with van der Waals surface area (Å²) >= 11 is 6.10. The second-order valence-electron chi connectivity index (χ2n) is 6.06. The summed E-state index contributed by atoms with van der Waals surface area (Å²) in [6.07, 6.45) is 1.17. The SMILES string of the molecule is CCOC(=O)C(=O)CC(=O)c1cn(Cc2ccccc2)c2ccc(Cl)cc12. The number of fused-ring (bicyclic) bond motifs is 1. The van der Waals surface area contributed by atoms with Gasteiger partial charge in [0.15, 0.2) is 5.78 Å². The van der Waals surface area contributed by atoms with E-state index in [0.717, 1.165) is 11.1 Å². The lowest BCUT2D eigenvalue weighted by Crippen LogP contribution is -2.20. The second-order valence-corrected chi connectivity index (χ2v) is 6.50. The van der Waals surface area contributed by atoms with Gasteiger partial charge in [0, 0.05) is 34.2 Å². The third-order valence-corrected chi connectivity index (χ3v) is 4.40. The molecule has 0 N–H and O–H groups in total. The Balaban J connectivity index is 1.95. The molecule has 3 rings (SSSR count). The minimum Gasteiger partial charge on any atom is -0.460 e. The van der Waals surface area contributed by atoms with Crippen LogP contribution in [-0.2, 0) is 20.9 Å². The number of nitrogens with zero attached hydrogens (tertiary/aromatic N) is 1. The zero-order valence-corrected chi connectivity index (χ0v) is 15.5. The molecule has 0 aliphatic heterocycles. The second kappa shape index (κ2) is 8.18. The lowest BCUT2D eigenvalue weighted by molar-refractivity contribution is -0.153. The number of aromatic nitrogens is 1. The molecule has 1 aromatic heterocycles. The Kier molecular flexibility index (Phi) is 5.72. The van der Waals surface area contributed by atoms with Gasteiger partial charge in [-0.25, -0.2) is 4.79 Å². The summed E-state index contributed by atoms with van der Waals surface area (Å²) in [4.78, 5) is 36.1. The molecule has 0 fully saturated rings. The number of ether oxygens (including phenoxy) is 1. The van der Waals surface area contributed by atoms with Gasteiger partial charge in [0.1, 0.15) is 0 Å². The van der Waals surface area contributed by atoms with Crippen LogP contribution >= 0.6 is 11.6 Å². The van der Waals surface area contributed by atoms with Crippen molar-refractivity contribution < 1.29 is 19.1 Å². The Bertz CT molecular complexity index is 1010. The minimum atomic E-state index is -0.989. The summed E-state index contributed by atoms with van der Waals surface area (Å²) < 4.78 is 6.60. The van der Waals surface area contributed by atoms with Gasteiger partial charge in [-0.15, -0.1) is 0 Å². The van der Waals surface area contributed by atoms with Crippen molar-refractivity contribution >= 4 is 40.0 Å². The lowest BCUT2D eigenvalue weighted by atomic mass is 10.1. The monoisotopic (exact) mass is 383 g/mol. The van der Waals surface area contributed by atoms with Gasteiger partial charge in [0.25, 0.3) is 0 Å². The molecule has 0 atom stereocenters. The molecular weight excluding hydrogens is 366 g/mol. The summed E-state index contributed by atoms with van der Waals surface area (Å²) in [6, 6.07) is 15.1. The van der Waals surface area contributed by atoms with Gasteiger partial charge in [-0.2, -0.15) is 0 Å². The molecule has 3 aromatic rings. The maximum absolute atomic E-state index is 12.7. The van der Waals surface area contributed by atoms with Crippen LogP contribution in [-0.4, -0.2) is 28.7 Å². The first-order chi connectivity index (χ1) is 13.0. The zero-order chi connectivity index (χ0) is 19.4. The Labute approximate surface area is 161 Å². The predicted molar refractivity (Wildman–Crippen MR) is 103 cm³/mol. The number of ketones is 2. The smallest absolute Gasteiger partial charge is 0.375 e. The van der Waals surface area contributed by atoms with Crippen LogP contribution in [0.15, 0.2) is 54.7 Å². The Morgan fingerprint density at radius 3 is 2.52 bits per heavy atom. The molecule has 2 aromatic carbocycles. The summed E-state index contributed by atoms with van der Waals surface area (Å²) in [5.41, 5.74) is 2.27. The third kappa shape index (κ3) is 4.26. The lowest BCUT2D eigenvalue weighted by Gasteiger charge is -2.05. The van der Waals surface area contributed by atoms with E-state index in [1.54, 1.807) is 25.3 Å². The molecule has 6 heteroatoms. The number of halogens is 1. The van der Waals surface area contributed by atoms with Crippen molar-refractivity contribution in [2.45, 2.75) is 19.9 Å². The minimum absolute atomic E-state index is 0.0881. The average Bonchev–Trinajstić information content (AvgIpc) is 3.00. The summed E-state index contributed by atoms with van der Waals surface area (Å²) in [6.45, 7) is 2.26. The van der Waals surface area contributed by atoms with Crippen molar-refractivity contribution in [3.8, 4) is 0 Å². The first-order valence-corrected chi connectivity index (χ1v) is 8.93. The van der Waals surface area contributed by atoms with E-state index in [1.165, 1.54) is 0 Å². The van der Waals surface area contributed by atoms with Gasteiger partial charge < -0.3 is 9.30 Å². The van der Waals surface area contributed by atoms with Gasteiger partial charge in [-0.1, -0.05) is 41.9 Å². The van der Waals surface area contributed by atoms with Crippen molar-refractivity contribution in [3.05, 3.63) is 70.9 Å². The summed E-state index contributed by atoms with van der Waals surface area (Å²) in [7, 11) is 0. The van der Waals surface area contributed by atoms with E-state index in [9.17, 15) is 14.4 Å². The van der Waals surface area contributed by atoms with Crippen LogP contribution < -0.4 is 0 Å². The molecule has 0 aliphatic rings. The quantitative estimate of drug-likeness (QED) is 0.267. The van der Waals surface area contributed by atoms with Crippen LogP contribution in [0.2, 0.25) is 5.02 Å². The number of carbonyl (C=O) groups excluding carboxylic acids is 3. The molecule has 0 saturated carbocycles. The largest absolute Gasteiger partial charge is 0.460 e. The first-order valence-electron chi connectivity index (χ1n) is 8.55. The van der Waals surface area contributed by atoms with Crippen LogP contribution in [0.3, 0.4) is 0 Å². The maximum atomic E-state index is 12.7. The zero-order valence-electron chi connectivity index (χ0n) is 14.8. The van der Waals surface area contributed by atoms with Crippen molar-refractivity contribution in [2.75, 3.05) is 6.61 Å². The molecule has 27 heavy (non-hydrogen) atoms. The van der Waals surface area contributed by atoms with E-state index < -0.39 is 24.0 Å². The molecule has 5 nitrogen and oxygen atoms in total. The number of benzene rings is 2. The van der Waals surface area contributed by atoms with E-state index in [2.05, 4.69) is 4.74 Å². The van der Waals surface area contributed by atoms with Gasteiger partial charge in [0.05, 0.1) is 13.0 Å². The molecule has 0 saturated heterocycles. The molecule has 0 radical (unpaired) electrons. The van der Waals surface area contributed by atoms with Gasteiger partial charge in [-0.3, -0.25) is 9.59 Å². The van der Waals surface area contributed by atoms with Crippen molar-refractivity contribution in [3.63, 3.8) is 0 Å². The van der Waals surface area contributed by atoms with E-state index in [1.807, 2.05) is 41.0 Å². The van der Waals surface area contributed by atoms with Crippen molar-refractivity contribution in [2.24, 2.45) is 0 Å². The van der Waals surface area contributed by atoms with Crippen LogP contribution in [0.4, 0.5) is 0 Å². The summed E-state index contributed by atoms with van der Waals surface area (Å²) in [5, 5.41) is 1.14. The first kappa shape index (κ1) is 18.9. The Morgan fingerprint density at radius 1 is 1.07 bits per heavy atom. The highest BCUT2D eigenvalue weighted by Crippen LogP contribution is 2.27. The van der Waals surface area contributed by atoms with Crippen molar-refractivity contribution in [1.82, 2.24) is 4.57 Å². The van der Waals surface area contributed by atoms with Crippen LogP contribution in [0.5, 0.6) is 0 Å². The predicted octanol–water partition coefficient (Wildman–Crippen LogP) is 4.05. The maximum Gasteiger partial charge on any atom is 0.375 e. The highest BCUT2D eigenvalue weighted by Gasteiger charge is 2.23. The van der Waals surface area contributed by atoms with Gasteiger partial charge >= 0.3 is 5.97 Å². The fraction of sp³-hybridized carbons (Fsp3) is 0.190. The molecule has 0 amide bonds.